The number of amides is 1. The molecular formula is C24H25N5OS. The number of thioether (sulfide) groups is 1. The molecule has 0 saturated heterocycles. The summed E-state index contributed by atoms with van der Waals surface area (Å²) in [6.45, 7) is 2.90. The van der Waals surface area contributed by atoms with E-state index in [2.05, 4.69) is 52.0 Å². The lowest BCUT2D eigenvalue weighted by Crippen LogP contribution is -2.34. The lowest BCUT2D eigenvalue weighted by Gasteiger charge is -2.33. The van der Waals surface area contributed by atoms with Crippen LogP contribution in [0.4, 0.5) is 0 Å². The standard InChI is InChI=1S/C24H25N5OS/c1-3-29-20-13-7-6-12-18(20)22-23(29)25-24(27-26-22)31-15-21(30)28(2)19-14-8-10-16-9-4-5-11-17(16)19/h4-7,9,11-13,19H,3,8,10,14-15H2,1-2H3. The van der Waals surface area contributed by atoms with Crippen molar-refractivity contribution in [2.24, 2.45) is 0 Å². The molecule has 0 radical (unpaired) electrons. The molecule has 2 aromatic carbocycles. The van der Waals surface area contributed by atoms with Crippen molar-refractivity contribution >= 4 is 39.7 Å². The topological polar surface area (TPSA) is 63.9 Å². The first-order chi connectivity index (χ1) is 15.2. The third kappa shape index (κ3) is 3.57. The van der Waals surface area contributed by atoms with E-state index in [1.807, 2.05) is 30.1 Å². The predicted molar refractivity (Wildman–Crippen MR) is 124 cm³/mol. The van der Waals surface area contributed by atoms with Crippen LogP contribution >= 0.6 is 11.8 Å². The molecule has 1 amide bonds. The highest BCUT2D eigenvalue weighted by Gasteiger charge is 2.26. The van der Waals surface area contributed by atoms with Crippen molar-refractivity contribution in [3.8, 4) is 0 Å². The van der Waals surface area contributed by atoms with Gasteiger partial charge in [-0.25, -0.2) is 4.98 Å². The Balaban J connectivity index is 1.35. The molecule has 1 aliphatic rings. The second-order valence-corrected chi connectivity index (χ2v) is 8.87. The normalized spacial score (nSPS) is 15.9. The van der Waals surface area contributed by atoms with Gasteiger partial charge in [0.05, 0.1) is 17.3 Å². The number of carbonyl (C=O) groups excluding carboxylic acids is 1. The van der Waals surface area contributed by atoms with E-state index in [4.69, 9.17) is 4.98 Å². The van der Waals surface area contributed by atoms with Gasteiger partial charge in [0.25, 0.3) is 0 Å². The molecule has 0 bridgehead atoms. The van der Waals surface area contributed by atoms with Crippen molar-refractivity contribution in [2.45, 2.75) is 43.9 Å². The second-order valence-electron chi connectivity index (χ2n) is 7.93. The minimum Gasteiger partial charge on any atom is -0.338 e. The first kappa shape index (κ1) is 20.0. The fourth-order valence-electron chi connectivity index (χ4n) is 4.60. The number of benzene rings is 2. The molecule has 0 N–H and O–H groups in total. The number of aryl methyl sites for hydroxylation is 2. The molecule has 1 atom stereocenters. The Morgan fingerprint density at radius 2 is 1.97 bits per heavy atom. The van der Waals surface area contributed by atoms with Crippen LogP contribution in [-0.4, -0.2) is 43.4 Å². The maximum Gasteiger partial charge on any atom is 0.233 e. The number of aromatic nitrogens is 4. The Kier molecular flexibility index (Phi) is 5.36. The SMILES string of the molecule is CCn1c2ccccc2c2nnc(SCC(=O)N(C)C3CCCc4ccccc43)nc21. The van der Waals surface area contributed by atoms with Crippen molar-refractivity contribution in [3.63, 3.8) is 0 Å². The first-order valence-electron chi connectivity index (χ1n) is 10.7. The summed E-state index contributed by atoms with van der Waals surface area (Å²) >= 11 is 1.36. The summed E-state index contributed by atoms with van der Waals surface area (Å²) in [6, 6.07) is 16.8. The van der Waals surface area contributed by atoms with Crippen LogP contribution in [0, 0.1) is 0 Å². The van der Waals surface area contributed by atoms with Crippen LogP contribution in [0.2, 0.25) is 0 Å². The summed E-state index contributed by atoms with van der Waals surface area (Å²) < 4.78 is 2.15. The number of fused-ring (bicyclic) bond motifs is 4. The van der Waals surface area contributed by atoms with E-state index in [-0.39, 0.29) is 11.9 Å². The fraction of sp³-hybridized carbons (Fsp3) is 0.333. The number of para-hydroxylation sites is 1. The van der Waals surface area contributed by atoms with Crippen LogP contribution in [0.3, 0.4) is 0 Å². The number of rotatable bonds is 5. The largest absolute Gasteiger partial charge is 0.338 e. The fourth-order valence-corrected chi connectivity index (χ4v) is 5.31. The molecule has 0 aliphatic heterocycles. The quantitative estimate of drug-likeness (QED) is 0.431. The van der Waals surface area contributed by atoms with Gasteiger partial charge < -0.3 is 9.47 Å². The Morgan fingerprint density at radius 3 is 2.84 bits per heavy atom. The van der Waals surface area contributed by atoms with Gasteiger partial charge in [0.2, 0.25) is 11.1 Å². The highest BCUT2D eigenvalue weighted by Crippen LogP contribution is 2.34. The number of nitrogens with zero attached hydrogens (tertiary/aromatic N) is 5. The second kappa shape index (κ2) is 8.30. The molecule has 31 heavy (non-hydrogen) atoms. The summed E-state index contributed by atoms with van der Waals surface area (Å²) in [5.41, 5.74) is 5.38. The monoisotopic (exact) mass is 431 g/mol. The zero-order chi connectivity index (χ0) is 21.4. The van der Waals surface area contributed by atoms with Gasteiger partial charge in [-0.3, -0.25) is 4.79 Å². The third-order valence-electron chi connectivity index (χ3n) is 6.19. The molecule has 5 rings (SSSR count). The van der Waals surface area contributed by atoms with E-state index >= 15 is 0 Å². The van der Waals surface area contributed by atoms with E-state index in [9.17, 15) is 4.79 Å². The molecule has 1 unspecified atom stereocenters. The minimum absolute atomic E-state index is 0.0893. The van der Waals surface area contributed by atoms with E-state index in [1.54, 1.807) is 0 Å². The summed E-state index contributed by atoms with van der Waals surface area (Å²) in [4.78, 5) is 19.6. The maximum absolute atomic E-state index is 13.0. The third-order valence-corrected chi connectivity index (χ3v) is 7.02. The van der Waals surface area contributed by atoms with E-state index in [1.165, 1.54) is 22.9 Å². The summed E-state index contributed by atoms with van der Waals surface area (Å²) in [5, 5.41) is 10.3. The molecule has 2 aromatic heterocycles. The minimum atomic E-state index is 0.0893. The van der Waals surface area contributed by atoms with Crippen LogP contribution < -0.4 is 0 Å². The van der Waals surface area contributed by atoms with Gasteiger partial charge in [0.15, 0.2) is 5.65 Å². The van der Waals surface area contributed by atoms with Crippen molar-refractivity contribution in [2.75, 3.05) is 12.8 Å². The van der Waals surface area contributed by atoms with Gasteiger partial charge in [-0.2, -0.15) is 0 Å². The Labute approximate surface area is 185 Å². The van der Waals surface area contributed by atoms with E-state index in [0.717, 1.165) is 47.9 Å². The lowest BCUT2D eigenvalue weighted by molar-refractivity contribution is -0.129. The average Bonchev–Trinajstić information content (AvgIpc) is 3.14. The average molecular weight is 432 g/mol. The molecule has 7 heteroatoms. The van der Waals surface area contributed by atoms with Gasteiger partial charge >= 0.3 is 0 Å². The molecule has 0 spiro atoms. The van der Waals surface area contributed by atoms with Crippen LogP contribution in [0.15, 0.2) is 53.7 Å². The smallest absolute Gasteiger partial charge is 0.233 e. The van der Waals surface area contributed by atoms with Crippen molar-refractivity contribution in [1.29, 1.82) is 0 Å². The van der Waals surface area contributed by atoms with Crippen LogP contribution in [-0.2, 0) is 17.8 Å². The van der Waals surface area contributed by atoms with Crippen molar-refractivity contribution < 1.29 is 4.79 Å². The highest BCUT2D eigenvalue weighted by molar-refractivity contribution is 7.99. The van der Waals surface area contributed by atoms with E-state index in [0.29, 0.717) is 10.9 Å². The number of hydrogen-bond donors (Lipinski definition) is 0. The molecule has 158 valence electrons. The zero-order valence-corrected chi connectivity index (χ0v) is 18.6. The summed E-state index contributed by atoms with van der Waals surface area (Å²) in [7, 11) is 1.91. The van der Waals surface area contributed by atoms with Gasteiger partial charge in [0.1, 0.15) is 5.52 Å². The summed E-state index contributed by atoms with van der Waals surface area (Å²) in [5.74, 6) is 0.390. The molecular weight excluding hydrogens is 406 g/mol. The van der Waals surface area contributed by atoms with Crippen LogP contribution in [0.5, 0.6) is 0 Å². The van der Waals surface area contributed by atoms with Gasteiger partial charge in [-0.1, -0.05) is 54.2 Å². The zero-order valence-electron chi connectivity index (χ0n) is 17.8. The maximum atomic E-state index is 13.0. The number of hydrogen-bond acceptors (Lipinski definition) is 5. The van der Waals surface area contributed by atoms with Gasteiger partial charge in [-0.15, -0.1) is 10.2 Å². The molecule has 0 fully saturated rings. The Morgan fingerprint density at radius 1 is 1.16 bits per heavy atom. The lowest BCUT2D eigenvalue weighted by atomic mass is 9.87. The Bertz CT molecular complexity index is 1270. The van der Waals surface area contributed by atoms with Gasteiger partial charge in [-0.05, 0) is 43.4 Å². The number of carbonyl (C=O) groups is 1. The van der Waals surface area contributed by atoms with Crippen LogP contribution in [0.1, 0.15) is 36.9 Å². The van der Waals surface area contributed by atoms with E-state index < -0.39 is 0 Å². The molecule has 2 heterocycles. The van der Waals surface area contributed by atoms with Crippen molar-refractivity contribution in [1.82, 2.24) is 24.6 Å². The summed E-state index contributed by atoms with van der Waals surface area (Å²) in [6.07, 6.45) is 3.21. The molecule has 0 saturated carbocycles. The highest BCUT2D eigenvalue weighted by atomic mass is 32.2. The van der Waals surface area contributed by atoms with Crippen LogP contribution in [0.25, 0.3) is 22.1 Å². The molecule has 4 aromatic rings. The molecule has 1 aliphatic carbocycles. The Hall–Kier alpha value is -2.93. The predicted octanol–water partition coefficient (Wildman–Crippen LogP) is 4.63. The molecule has 6 nitrogen and oxygen atoms in total. The first-order valence-corrected chi connectivity index (χ1v) is 11.7. The van der Waals surface area contributed by atoms with Crippen molar-refractivity contribution in [3.05, 3.63) is 59.7 Å². The van der Waals surface area contributed by atoms with Gasteiger partial charge in [0, 0.05) is 19.0 Å².